The van der Waals surface area contributed by atoms with Crippen molar-refractivity contribution in [3.8, 4) is 0 Å². The third kappa shape index (κ3) is 41.1. The molecule has 0 amide bonds. The van der Waals surface area contributed by atoms with Gasteiger partial charge in [0.05, 0.1) is 48.6 Å². The van der Waals surface area contributed by atoms with Crippen LogP contribution in [0, 0.1) is 20.8 Å². The minimum absolute atomic E-state index is 0.194. The first-order chi connectivity index (χ1) is 68.7. The molecule has 6 aromatic carbocycles. The number of unbranched alkanes of at least 4 members (excludes halogenated alkanes) is 9. The van der Waals surface area contributed by atoms with Crippen molar-refractivity contribution in [2.45, 2.75) is 300 Å². The van der Waals surface area contributed by atoms with Crippen molar-refractivity contribution < 1.29 is 72.4 Å². The Labute approximate surface area is 913 Å². The van der Waals surface area contributed by atoms with Crippen LogP contribution in [0.15, 0.2) is 273 Å². The van der Waals surface area contributed by atoms with E-state index < -0.39 is 21.4 Å². The Hall–Kier alpha value is -6.20. The summed E-state index contributed by atoms with van der Waals surface area (Å²) in [5, 5.41) is 77.5. The number of benzene rings is 6. The second-order valence-corrected chi connectivity index (χ2v) is 50.9. The highest BCUT2D eigenvalue weighted by Crippen LogP contribution is 2.41. The predicted octanol–water partition coefficient (Wildman–Crippen LogP) is 25.4. The molecule has 19 rings (SSSR count). The number of hydrogen-bond donors (Lipinski definition) is 7. The molecule has 15 nitrogen and oxygen atoms in total. The summed E-state index contributed by atoms with van der Waals surface area (Å²) in [6, 6.07) is 78.1. The minimum Gasteiger partial charge on any atom is -0.446 e. The van der Waals surface area contributed by atoms with E-state index in [1.165, 1.54) is 180 Å². The van der Waals surface area contributed by atoms with Crippen molar-refractivity contribution in [2.24, 2.45) is 0 Å². The lowest BCUT2D eigenvalue weighted by atomic mass is 9.70. The van der Waals surface area contributed by atoms with Crippen LogP contribution in [0.1, 0.15) is 241 Å². The monoisotopic (exact) mass is 2190 g/mol. The quantitative estimate of drug-likeness (QED) is 0.0234. The molecule has 0 unspecified atom stereocenters. The largest absolute Gasteiger partial charge is 0.505 e. The van der Waals surface area contributed by atoms with Crippen LogP contribution in [0.25, 0.3) is 30.3 Å². The van der Waals surface area contributed by atoms with Crippen LogP contribution >= 0.6 is 118 Å². The fourth-order valence-corrected chi connectivity index (χ4v) is 22.1. The highest BCUT2D eigenvalue weighted by molar-refractivity contribution is 9.11. The van der Waals surface area contributed by atoms with Crippen molar-refractivity contribution in [2.75, 3.05) is 0 Å². The molecule has 4 fully saturated rings. The van der Waals surface area contributed by atoms with Crippen LogP contribution < -0.4 is 39.6 Å². The van der Waals surface area contributed by atoms with Crippen LogP contribution in [0.4, 0.5) is 0 Å². The molecule has 4 saturated heterocycles. The van der Waals surface area contributed by atoms with Gasteiger partial charge in [-0.25, -0.2) is 0 Å². The molecule has 7 N–H and O–H groups in total. The summed E-state index contributed by atoms with van der Waals surface area (Å²) in [6.45, 7) is 47.9. The van der Waals surface area contributed by atoms with Gasteiger partial charge in [0.25, 0.3) is 0 Å². The van der Waals surface area contributed by atoms with E-state index in [4.69, 9.17) is 67.4 Å². The van der Waals surface area contributed by atoms with E-state index in [1.807, 2.05) is 115 Å². The zero-order valence-electron chi connectivity index (χ0n) is 89.2. The molecular formula is C112H151B8BrO15S9. The van der Waals surface area contributed by atoms with Gasteiger partial charge in [0.1, 0.15) is 0 Å². The third-order valence-electron chi connectivity index (χ3n) is 25.9. The maximum Gasteiger partial charge on any atom is 0.505 e. The average Bonchev–Trinajstić information content (AvgIpc) is 1.67. The molecule has 9 aromatic heterocycles. The molecular weight excluding hydrogens is 2040 g/mol. The Morgan fingerprint density at radius 1 is 0.290 bits per heavy atom. The molecule has 0 spiro atoms. The number of rotatable bonds is 23. The second kappa shape index (κ2) is 60.9. The van der Waals surface area contributed by atoms with Crippen molar-refractivity contribution in [3.05, 3.63) is 305 Å². The van der Waals surface area contributed by atoms with Gasteiger partial charge in [0.2, 0.25) is 0 Å². The summed E-state index contributed by atoms with van der Waals surface area (Å²) < 4.78 is 58.8. The Morgan fingerprint density at radius 2 is 0.669 bits per heavy atom. The summed E-state index contributed by atoms with van der Waals surface area (Å²) in [5.41, 5.74) is 5.22. The van der Waals surface area contributed by atoms with Gasteiger partial charge in [-0.1, -0.05) is 273 Å². The normalized spacial score (nSPS) is 15.6. The topological polar surface area (TPSA) is 215 Å². The average molecular weight is 2190 g/mol. The lowest BCUT2D eigenvalue weighted by Crippen LogP contribution is -2.41. The van der Waals surface area contributed by atoms with E-state index in [1.54, 1.807) is 116 Å². The van der Waals surface area contributed by atoms with Crippen LogP contribution in [-0.4, -0.2) is 137 Å². The standard InChI is InChI=1S/C16H27BO2S.C14H17BO2S.C12H17BO2.C11H19BOS.C10H15BO2S.C10H15BrS.C9H8S.C8H7BO2S.C7H8.C6H7BO2.C5H6S.C4H5BO2S/c1-6-7-8-9-10-13-11-14(20-12-13)17-18-15(2,3)16(4,5)19-17;1-13(2)14(3,4)17-15(16-13)12-9-10-7-5-6-8-11(10)18-12;1-11(2)12(3,4)15-13(14-11)10-8-6-5-7-9-10;1-3-4-5-6-7-10-8-11(12(2)13)14-9-10;1-9(2)10(3,4)13-11(12-9)8-6-5-7-14-8;1-2-3-4-5-6-9-7-10(11)12-8-9;1-7-6-8-4-2-3-5-9(8)10-7;10-9(11)8-5-6-3-1-2-4-7(6)12-8;1-7-5-3-2-4-6-7;8-7(9)6-4-2-1-3-5-6;1-5-3-2-4-6-5;6-5(7)4-2-1-3-8-4/h11-12H,6-10H2,1-5H3;5-9H,1-4H3;5-9H,1-4H3;8-9,13H,3-7H2,1-2H3;5-7H,1-4H3;7-8H,2-6H2,1H3;2-6H,1H3;1-5,10-11H;2-6H,1H3;1-5,8-9H;2-4H,1H3;1-3,6-7H. The lowest BCUT2D eigenvalue weighted by molar-refractivity contribution is 0.00578. The van der Waals surface area contributed by atoms with Gasteiger partial charge in [-0.3, -0.25) is 0 Å². The molecule has 4 aliphatic heterocycles. The molecule has 145 heavy (non-hydrogen) atoms. The van der Waals surface area contributed by atoms with Crippen molar-refractivity contribution in [1.29, 1.82) is 0 Å². The maximum absolute atomic E-state index is 9.36. The molecule has 0 saturated carbocycles. The fraction of sp³-hybridized carbons (Fsp3) is 0.411. The van der Waals surface area contributed by atoms with Crippen molar-refractivity contribution in [1.82, 2.24) is 0 Å². The molecule has 0 aliphatic carbocycles. The van der Waals surface area contributed by atoms with Crippen LogP contribution in [-0.2, 0) is 56.5 Å². The fourth-order valence-electron chi connectivity index (χ4n) is 14.4. The van der Waals surface area contributed by atoms with E-state index in [0.29, 0.717) is 15.0 Å². The Morgan fingerprint density at radius 3 is 1.03 bits per heavy atom. The Balaban J connectivity index is 0.000000196. The zero-order chi connectivity index (χ0) is 106. The van der Waals surface area contributed by atoms with Crippen LogP contribution in [0.2, 0.25) is 6.82 Å². The number of halogens is 1. The van der Waals surface area contributed by atoms with Crippen LogP contribution in [0.3, 0.4) is 0 Å². The summed E-state index contributed by atoms with van der Waals surface area (Å²) in [6.07, 6.45) is 19.5. The van der Waals surface area contributed by atoms with E-state index >= 15 is 0 Å². The van der Waals surface area contributed by atoms with Crippen molar-refractivity contribution >= 4 is 245 Å². The SMILES string of the molecule is CC1(C)OB(c2cc3ccccc3s2)OC1(C)C.CC1(C)OB(c2ccccc2)OC1(C)C.CC1(C)OB(c2cccs2)OC1(C)C.CCCCCCc1csc(B(C)O)c1.CCCCCCc1csc(B2OC(C)(C)C(C)(C)O2)c1.CCCCCCc1csc(Br)c1.Cc1cc2ccccc2s1.Cc1ccccc1.Cc1cccs1.OB(O)c1cc2ccccc2s1.OB(O)c1ccccc1.OB(O)c1cccs1. The number of aryl methyl sites for hydroxylation is 6. The molecule has 15 aromatic rings. The van der Waals surface area contributed by atoms with E-state index in [0.717, 1.165) is 29.9 Å². The molecule has 33 heteroatoms. The smallest absolute Gasteiger partial charge is 0.446 e. The zero-order valence-corrected chi connectivity index (χ0v) is 98.1. The lowest BCUT2D eigenvalue weighted by Gasteiger charge is -2.32. The predicted molar refractivity (Wildman–Crippen MR) is 642 cm³/mol. The van der Waals surface area contributed by atoms with Gasteiger partial charge in [0, 0.05) is 52.5 Å². The van der Waals surface area contributed by atoms with Crippen molar-refractivity contribution in [3.63, 3.8) is 0 Å². The highest BCUT2D eigenvalue weighted by Gasteiger charge is 2.55. The molecule has 0 atom stereocenters. The van der Waals surface area contributed by atoms with Gasteiger partial charge in [-0.15, -0.1) is 56.7 Å². The first kappa shape index (κ1) is 124. The summed E-state index contributed by atoms with van der Waals surface area (Å²) in [4.78, 5) is 2.77. The molecule has 4 aliphatic rings. The van der Waals surface area contributed by atoms with Gasteiger partial charge < -0.3 is 72.4 Å². The summed E-state index contributed by atoms with van der Waals surface area (Å²) in [5.74, 6) is 0. The summed E-state index contributed by atoms with van der Waals surface area (Å²) >= 11 is 18.5. The van der Waals surface area contributed by atoms with Gasteiger partial charge in [-0.05, 0) is 317 Å². The van der Waals surface area contributed by atoms with Gasteiger partial charge in [-0.2, -0.15) is 45.3 Å². The molecule has 0 bridgehead atoms. The Bertz CT molecular complexity index is 5880. The van der Waals surface area contributed by atoms with E-state index in [-0.39, 0.29) is 80.2 Å². The van der Waals surface area contributed by atoms with Crippen LogP contribution in [0.5, 0.6) is 0 Å². The first-order valence-corrected chi connectivity index (χ1v) is 58.9. The van der Waals surface area contributed by atoms with Gasteiger partial charge in [0.15, 0.2) is 0 Å². The van der Waals surface area contributed by atoms with E-state index in [9.17, 15) is 5.02 Å². The minimum atomic E-state index is -1.35. The van der Waals surface area contributed by atoms with Gasteiger partial charge >= 0.3 is 56.7 Å². The van der Waals surface area contributed by atoms with E-state index in [2.05, 4.69) is 293 Å². The maximum atomic E-state index is 9.36. The molecule has 0 radical (unpaired) electrons. The molecule has 13 heterocycles. The highest BCUT2D eigenvalue weighted by atomic mass is 79.9. The number of thiophene rings is 9. The number of hydrogen-bond acceptors (Lipinski definition) is 24. The Kier molecular flexibility index (Phi) is 52.1. The molecule has 774 valence electrons. The first-order valence-electron chi connectivity index (χ1n) is 50.4. The third-order valence-corrected chi connectivity index (χ3v) is 35.5. The summed E-state index contributed by atoms with van der Waals surface area (Å²) in [7, 11) is -4.86. The number of fused-ring (bicyclic) bond motifs is 3. The second-order valence-electron chi connectivity index (χ2n) is 40.1.